The van der Waals surface area contributed by atoms with Crippen molar-refractivity contribution in [3.05, 3.63) is 70.7 Å². The van der Waals surface area contributed by atoms with Gasteiger partial charge in [-0.3, -0.25) is 10.1 Å². The molecule has 2 aromatic carbocycles. The highest BCUT2D eigenvalue weighted by molar-refractivity contribution is 9.10. The average Bonchev–Trinajstić information content (AvgIpc) is 3.14. The summed E-state index contributed by atoms with van der Waals surface area (Å²) in [6, 6.07) is 12.8. The summed E-state index contributed by atoms with van der Waals surface area (Å²) in [5, 5.41) is 9.08. The minimum absolute atomic E-state index is 0.112. The van der Waals surface area contributed by atoms with E-state index < -0.39 is 17.8 Å². The highest BCUT2D eigenvalue weighted by Gasteiger charge is 2.13. The van der Waals surface area contributed by atoms with E-state index in [0.717, 1.165) is 16.2 Å². The molecule has 0 unspecified atom stereocenters. The Labute approximate surface area is 162 Å². The standard InChI is InChI=1S/C18H14BrFN4O3/c1-27-18(26)22-16-10-12(5-6-14(16)20)21-17(25)15-7-8-24(23-15)13-4-2-3-11(19)9-13/h2-10H,1H3,(H,21,25)(H,22,26). The maximum atomic E-state index is 13.7. The minimum Gasteiger partial charge on any atom is -0.453 e. The van der Waals surface area contributed by atoms with E-state index in [0.29, 0.717) is 5.69 Å². The van der Waals surface area contributed by atoms with Crippen molar-refractivity contribution in [1.82, 2.24) is 9.78 Å². The lowest BCUT2D eigenvalue weighted by Crippen LogP contribution is -2.15. The van der Waals surface area contributed by atoms with Gasteiger partial charge in [0.15, 0.2) is 5.69 Å². The van der Waals surface area contributed by atoms with Crippen LogP contribution in [0, 0.1) is 5.82 Å². The molecule has 7 nitrogen and oxygen atoms in total. The van der Waals surface area contributed by atoms with Gasteiger partial charge in [0.1, 0.15) is 5.82 Å². The summed E-state index contributed by atoms with van der Waals surface area (Å²) in [6.45, 7) is 0. The first-order valence-electron chi connectivity index (χ1n) is 7.74. The van der Waals surface area contributed by atoms with Crippen molar-refractivity contribution in [3.63, 3.8) is 0 Å². The van der Waals surface area contributed by atoms with E-state index >= 15 is 0 Å². The van der Waals surface area contributed by atoms with Crippen LogP contribution in [0.3, 0.4) is 0 Å². The van der Waals surface area contributed by atoms with E-state index in [9.17, 15) is 14.0 Å². The van der Waals surface area contributed by atoms with Gasteiger partial charge in [-0.25, -0.2) is 13.9 Å². The predicted octanol–water partition coefficient (Wildman–Crippen LogP) is 4.20. The molecule has 0 atom stereocenters. The maximum absolute atomic E-state index is 13.7. The van der Waals surface area contributed by atoms with Gasteiger partial charge in [0.25, 0.3) is 5.91 Å². The van der Waals surface area contributed by atoms with Crippen molar-refractivity contribution in [2.24, 2.45) is 0 Å². The fourth-order valence-electron chi connectivity index (χ4n) is 2.26. The van der Waals surface area contributed by atoms with E-state index in [4.69, 9.17) is 0 Å². The molecule has 2 N–H and O–H groups in total. The molecule has 0 aliphatic rings. The van der Waals surface area contributed by atoms with Gasteiger partial charge < -0.3 is 10.1 Å². The van der Waals surface area contributed by atoms with E-state index in [1.807, 2.05) is 24.3 Å². The molecular formula is C18H14BrFN4O3. The second-order valence-electron chi connectivity index (χ2n) is 5.39. The van der Waals surface area contributed by atoms with E-state index in [1.165, 1.54) is 19.2 Å². The maximum Gasteiger partial charge on any atom is 0.411 e. The van der Waals surface area contributed by atoms with Crippen LogP contribution in [0.5, 0.6) is 0 Å². The lowest BCUT2D eigenvalue weighted by atomic mass is 10.2. The fourth-order valence-corrected chi connectivity index (χ4v) is 2.65. The van der Waals surface area contributed by atoms with Crippen LogP contribution in [0.25, 0.3) is 5.69 Å². The summed E-state index contributed by atoms with van der Waals surface area (Å²) in [5.74, 6) is -1.13. The number of amides is 2. The van der Waals surface area contributed by atoms with Crippen LogP contribution >= 0.6 is 15.9 Å². The summed E-state index contributed by atoms with van der Waals surface area (Å²) < 4.78 is 20.6. The molecule has 0 aliphatic heterocycles. The largest absolute Gasteiger partial charge is 0.453 e. The molecule has 0 bridgehead atoms. The molecule has 0 spiro atoms. The molecule has 2 amide bonds. The molecule has 9 heteroatoms. The number of halogens is 2. The number of hydrogen-bond acceptors (Lipinski definition) is 4. The normalized spacial score (nSPS) is 10.3. The zero-order valence-electron chi connectivity index (χ0n) is 14.1. The number of aromatic nitrogens is 2. The summed E-state index contributed by atoms with van der Waals surface area (Å²) >= 11 is 3.38. The lowest BCUT2D eigenvalue weighted by Gasteiger charge is -2.08. The molecule has 1 heterocycles. The highest BCUT2D eigenvalue weighted by Crippen LogP contribution is 2.21. The van der Waals surface area contributed by atoms with E-state index in [-0.39, 0.29) is 11.4 Å². The zero-order chi connectivity index (χ0) is 19.4. The van der Waals surface area contributed by atoms with Crippen molar-refractivity contribution in [1.29, 1.82) is 0 Å². The van der Waals surface area contributed by atoms with Gasteiger partial charge in [0.05, 0.1) is 18.5 Å². The SMILES string of the molecule is COC(=O)Nc1cc(NC(=O)c2ccn(-c3cccc(Br)c3)n2)ccc1F. The first kappa shape index (κ1) is 18.6. The summed E-state index contributed by atoms with van der Waals surface area (Å²) in [7, 11) is 1.17. The Hall–Kier alpha value is -3.20. The molecule has 0 radical (unpaired) electrons. The monoisotopic (exact) mass is 432 g/mol. The quantitative estimate of drug-likeness (QED) is 0.646. The molecule has 27 heavy (non-hydrogen) atoms. The number of anilines is 2. The van der Waals surface area contributed by atoms with Crippen LogP contribution < -0.4 is 10.6 Å². The molecule has 0 saturated heterocycles. The third kappa shape index (κ3) is 4.50. The van der Waals surface area contributed by atoms with Gasteiger partial charge in [-0.15, -0.1) is 0 Å². The second kappa shape index (κ2) is 8.00. The number of methoxy groups -OCH3 is 1. The Morgan fingerprint density at radius 1 is 1.15 bits per heavy atom. The first-order valence-corrected chi connectivity index (χ1v) is 8.53. The summed E-state index contributed by atoms with van der Waals surface area (Å²) in [5.41, 5.74) is 1.15. The molecule has 3 rings (SSSR count). The fraction of sp³-hybridized carbons (Fsp3) is 0.0556. The Morgan fingerprint density at radius 3 is 2.70 bits per heavy atom. The summed E-state index contributed by atoms with van der Waals surface area (Å²) in [4.78, 5) is 23.6. The first-order chi connectivity index (χ1) is 13.0. The van der Waals surface area contributed by atoms with Crippen molar-refractivity contribution in [2.45, 2.75) is 0 Å². The van der Waals surface area contributed by atoms with Crippen molar-refractivity contribution in [2.75, 3.05) is 17.7 Å². The van der Waals surface area contributed by atoms with Crippen LogP contribution in [0.2, 0.25) is 0 Å². The number of nitrogens with one attached hydrogen (secondary N) is 2. The Morgan fingerprint density at radius 2 is 1.96 bits per heavy atom. The average molecular weight is 433 g/mol. The molecule has 0 saturated carbocycles. The molecular weight excluding hydrogens is 419 g/mol. The predicted molar refractivity (Wildman–Crippen MR) is 102 cm³/mol. The van der Waals surface area contributed by atoms with Gasteiger partial charge in [-0.2, -0.15) is 5.10 Å². The van der Waals surface area contributed by atoms with Crippen LogP contribution in [0.1, 0.15) is 10.5 Å². The van der Waals surface area contributed by atoms with Crippen LogP contribution in [-0.2, 0) is 4.74 Å². The Bertz CT molecular complexity index is 1010. The Balaban J connectivity index is 1.76. The number of benzene rings is 2. The number of carbonyl (C=O) groups excluding carboxylic acids is 2. The minimum atomic E-state index is -0.815. The lowest BCUT2D eigenvalue weighted by molar-refractivity contribution is 0.102. The van der Waals surface area contributed by atoms with Gasteiger partial charge >= 0.3 is 6.09 Å². The van der Waals surface area contributed by atoms with Gasteiger partial charge in [0.2, 0.25) is 0 Å². The molecule has 138 valence electrons. The third-order valence-electron chi connectivity index (χ3n) is 3.54. The number of ether oxygens (including phenoxy) is 1. The third-order valence-corrected chi connectivity index (χ3v) is 4.03. The summed E-state index contributed by atoms with van der Waals surface area (Å²) in [6.07, 6.45) is 0.844. The second-order valence-corrected chi connectivity index (χ2v) is 6.31. The van der Waals surface area contributed by atoms with Gasteiger partial charge in [0, 0.05) is 16.4 Å². The molecule has 0 fully saturated rings. The van der Waals surface area contributed by atoms with Crippen LogP contribution in [-0.4, -0.2) is 28.9 Å². The molecule has 3 aromatic rings. The van der Waals surface area contributed by atoms with Crippen LogP contribution in [0.4, 0.5) is 20.6 Å². The molecule has 0 aliphatic carbocycles. The number of carbonyl (C=O) groups is 2. The van der Waals surface area contributed by atoms with Crippen molar-refractivity contribution < 1.29 is 18.7 Å². The van der Waals surface area contributed by atoms with Gasteiger partial charge in [-0.1, -0.05) is 22.0 Å². The van der Waals surface area contributed by atoms with Crippen molar-refractivity contribution in [3.8, 4) is 5.69 Å². The van der Waals surface area contributed by atoms with Crippen molar-refractivity contribution >= 4 is 39.3 Å². The zero-order valence-corrected chi connectivity index (χ0v) is 15.7. The van der Waals surface area contributed by atoms with E-state index in [2.05, 4.69) is 36.4 Å². The smallest absolute Gasteiger partial charge is 0.411 e. The van der Waals surface area contributed by atoms with Gasteiger partial charge in [-0.05, 0) is 42.5 Å². The molecule has 1 aromatic heterocycles. The highest BCUT2D eigenvalue weighted by atomic mass is 79.9. The topological polar surface area (TPSA) is 85.3 Å². The van der Waals surface area contributed by atoms with Crippen LogP contribution in [0.15, 0.2) is 59.2 Å². The number of rotatable bonds is 4. The number of nitrogens with zero attached hydrogens (tertiary/aromatic N) is 2. The Kier molecular flexibility index (Phi) is 5.51. The number of hydrogen-bond donors (Lipinski definition) is 2. The van der Waals surface area contributed by atoms with E-state index in [1.54, 1.807) is 16.9 Å².